The predicted octanol–water partition coefficient (Wildman–Crippen LogP) is 3.68. The Morgan fingerprint density at radius 3 is 2.66 bits per heavy atom. The van der Waals surface area contributed by atoms with Gasteiger partial charge in [-0.25, -0.2) is 0 Å². The number of anilines is 1. The van der Waals surface area contributed by atoms with Crippen molar-refractivity contribution in [2.24, 2.45) is 0 Å². The maximum absolute atomic E-state index is 13.5. The van der Waals surface area contributed by atoms with Crippen molar-refractivity contribution in [1.82, 2.24) is 15.4 Å². The minimum Gasteiger partial charge on any atom is -0.376 e. The third kappa shape index (κ3) is 7.65. The van der Waals surface area contributed by atoms with Crippen LogP contribution >= 0.6 is 0 Å². The topological polar surface area (TPSA) is 114 Å². The van der Waals surface area contributed by atoms with E-state index in [0.717, 1.165) is 36.8 Å². The van der Waals surface area contributed by atoms with Crippen LogP contribution in [-0.4, -0.2) is 53.6 Å². The Kier molecular flexibility index (Phi) is 9.84. The zero-order valence-corrected chi connectivity index (χ0v) is 20.8. The second kappa shape index (κ2) is 13.0. The highest BCUT2D eigenvalue weighted by Crippen LogP contribution is 2.26. The Labute approximate surface area is 206 Å². The van der Waals surface area contributed by atoms with Crippen LogP contribution in [0.1, 0.15) is 68.4 Å². The lowest BCUT2D eigenvalue weighted by Crippen LogP contribution is -2.46. The summed E-state index contributed by atoms with van der Waals surface area (Å²) in [4.78, 5) is 40.9. The molecule has 0 aliphatic carbocycles. The van der Waals surface area contributed by atoms with Crippen molar-refractivity contribution in [3.05, 3.63) is 47.2 Å². The summed E-state index contributed by atoms with van der Waals surface area (Å²) in [7, 11) is 0. The third-order valence-electron chi connectivity index (χ3n) is 6.11. The van der Waals surface area contributed by atoms with E-state index in [1.54, 1.807) is 17.9 Å². The third-order valence-corrected chi connectivity index (χ3v) is 6.11. The number of benzene rings is 1. The fourth-order valence-electron chi connectivity index (χ4n) is 4.18. The van der Waals surface area contributed by atoms with Gasteiger partial charge < -0.3 is 24.8 Å². The van der Waals surface area contributed by atoms with Gasteiger partial charge in [0.15, 0.2) is 5.82 Å². The summed E-state index contributed by atoms with van der Waals surface area (Å²) in [6.07, 6.45) is 3.47. The summed E-state index contributed by atoms with van der Waals surface area (Å²) in [5.41, 5.74) is 1.71. The van der Waals surface area contributed by atoms with E-state index in [9.17, 15) is 14.4 Å². The molecule has 2 heterocycles. The van der Waals surface area contributed by atoms with E-state index >= 15 is 0 Å². The van der Waals surface area contributed by atoms with Crippen molar-refractivity contribution in [3.63, 3.8) is 0 Å². The van der Waals surface area contributed by atoms with Crippen LogP contribution in [0, 0.1) is 13.8 Å². The lowest BCUT2D eigenvalue weighted by atomic mass is 9.98. The lowest BCUT2D eigenvalue weighted by molar-refractivity contribution is -0.141. The minimum absolute atomic E-state index is 0.000118. The van der Waals surface area contributed by atoms with Crippen LogP contribution < -0.4 is 10.6 Å². The Morgan fingerprint density at radius 1 is 1.20 bits per heavy atom. The molecular formula is C26H36N4O5. The molecule has 1 saturated heterocycles. The molecule has 3 amide bonds. The quantitative estimate of drug-likeness (QED) is 0.475. The van der Waals surface area contributed by atoms with Crippen LogP contribution in [0.15, 0.2) is 34.9 Å². The molecule has 0 radical (unpaired) electrons. The number of nitrogens with one attached hydrogen (secondary N) is 2. The fraction of sp³-hybridized carbons (Fsp3) is 0.538. The monoisotopic (exact) mass is 484 g/mol. The number of aromatic nitrogens is 1. The highest BCUT2D eigenvalue weighted by molar-refractivity contribution is 5.94. The van der Waals surface area contributed by atoms with Gasteiger partial charge in [0.1, 0.15) is 11.8 Å². The van der Waals surface area contributed by atoms with Gasteiger partial charge in [-0.05, 0) is 44.2 Å². The van der Waals surface area contributed by atoms with E-state index in [1.165, 1.54) is 0 Å². The maximum atomic E-state index is 13.5. The molecule has 1 aliphatic heterocycles. The average molecular weight is 485 g/mol. The van der Waals surface area contributed by atoms with E-state index in [1.807, 2.05) is 38.1 Å². The fourth-order valence-corrected chi connectivity index (χ4v) is 4.18. The molecule has 0 bridgehead atoms. The zero-order chi connectivity index (χ0) is 25.2. The molecule has 190 valence electrons. The smallest absolute Gasteiger partial charge is 0.247 e. The van der Waals surface area contributed by atoms with E-state index < -0.39 is 6.04 Å². The number of carbonyl (C=O) groups is 3. The van der Waals surface area contributed by atoms with Gasteiger partial charge in [0.25, 0.3) is 0 Å². The van der Waals surface area contributed by atoms with E-state index in [2.05, 4.69) is 15.8 Å². The Hall–Kier alpha value is -3.20. The van der Waals surface area contributed by atoms with Crippen LogP contribution in [0.5, 0.6) is 0 Å². The highest BCUT2D eigenvalue weighted by Gasteiger charge is 2.32. The Balaban J connectivity index is 1.75. The number of rotatable bonds is 12. The standard InChI is InChI=1S/C26H36N4O5/c1-4-5-14-30(24(32)13-12-23(31)28-22-16-19(3)35-29-22)25(21-11-7-6-9-18(21)2)26(33)27-17-20-10-8-15-34-20/h6-7,9,11,16,20,25H,4-5,8,10,12-15,17H2,1-3H3,(H,27,33)(H,28,29,31)/t20-,25-/m0/s1. The highest BCUT2D eigenvalue weighted by atomic mass is 16.5. The Morgan fingerprint density at radius 2 is 2.00 bits per heavy atom. The van der Waals surface area contributed by atoms with Gasteiger partial charge in [0.05, 0.1) is 6.10 Å². The second-order valence-electron chi connectivity index (χ2n) is 8.95. The molecular weight excluding hydrogens is 448 g/mol. The summed E-state index contributed by atoms with van der Waals surface area (Å²) in [5.74, 6) is 0.0795. The molecule has 9 nitrogen and oxygen atoms in total. The number of unbranched alkanes of at least 4 members (excludes halogenated alkanes) is 1. The molecule has 2 atom stereocenters. The van der Waals surface area contributed by atoms with Gasteiger partial charge in [-0.3, -0.25) is 14.4 Å². The van der Waals surface area contributed by atoms with E-state index in [0.29, 0.717) is 31.3 Å². The summed E-state index contributed by atoms with van der Waals surface area (Å²) >= 11 is 0. The summed E-state index contributed by atoms with van der Waals surface area (Å²) in [6, 6.07) is 8.44. The lowest BCUT2D eigenvalue weighted by Gasteiger charge is -2.32. The van der Waals surface area contributed by atoms with Gasteiger partial charge in [-0.2, -0.15) is 0 Å². The van der Waals surface area contributed by atoms with Gasteiger partial charge in [-0.15, -0.1) is 0 Å². The molecule has 3 rings (SSSR count). The first-order valence-electron chi connectivity index (χ1n) is 12.4. The zero-order valence-electron chi connectivity index (χ0n) is 20.8. The molecule has 0 saturated carbocycles. The van der Waals surface area contributed by atoms with Crippen LogP contribution in [0.25, 0.3) is 0 Å². The van der Waals surface area contributed by atoms with Gasteiger partial charge in [-0.1, -0.05) is 42.8 Å². The number of hydrogen-bond donors (Lipinski definition) is 2. The SMILES string of the molecule is CCCCN(C(=O)CCC(=O)Nc1cc(C)on1)[C@H](C(=O)NC[C@@H]1CCCO1)c1ccccc1C. The van der Waals surface area contributed by atoms with Crippen molar-refractivity contribution in [3.8, 4) is 0 Å². The number of hydrogen-bond acceptors (Lipinski definition) is 6. The Bertz CT molecular complexity index is 999. The largest absolute Gasteiger partial charge is 0.376 e. The van der Waals surface area contributed by atoms with E-state index in [-0.39, 0.29) is 36.7 Å². The van der Waals surface area contributed by atoms with Crippen LogP contribution in [0.3, 0.4) is 0 Å². The van der Waals surface area contributed by atoms with Gasteiger partial charge in [0, 0.05) is 38.6 Å². The average Bonchev–Trinajstić information content (AvgIpc) is 3.51. The molecule has 35 heavy (non-hydrogen) atoms. The van der Waals surface area contributed by atoms with Crippen LogP contribution in [0.4, 0.5) is 5.82 Å². The minimum atomic E-state index is -0.780. The molecule has 2 aromatic rings. The van der Waals surface area contributed by atoms with Gasteiger partial charge in [0.2, 0.25) is 17.7 Å². The summed E-state index contributed by atoms with van der Waals surface area (Å²) in [5, 5.41) is 9.39. The molecule has 1 aromatic carbocycles. The normalized spacial score (nSPS) is 16.0. The predicted molar refractivity (Wildman–Crippen MR) is 132 cm³/mol. The van der Waals surface area contributed by atoms with Crippen molar-refractivity contribution in [2.45, 2.75) is 71.4 Å². The number of carbonyl (C=O) groups excluding carboxylic acids is 3. The maximum Gasteiger partial charge on any atom is 0.247 e. The second-order valence-corrected chi connectivity index (χ2v) is 8.95. The molecule has 1 fully saturated rings. The van der Waals surface area contributed by atoms with Gasteiger partial charge >= 0.3 is 0 Å². The first kappa shape index (κ1) is 26.4. The number of aryl methyl sites for hydroxylation is 2. The molecule has 2 N–H and O–H groups in total. The molecule has 9 heteroatoms. The number of nitrogens with zero attached hydrogens (tertiary/aromatic N) is 2. The molecule has 1 aromatic heterocycles. The summed E-state index contributed by atoms with van der Waals surface area (Å²) < 4.78 is 10.6. The van der Waals surface area contributed by atoms with Crippen molar-refractivity contribution in [1.29, 1.82) is 0 Å². The molecule has 0 unspecified atom stereocenters. The number of amides is 3. The first-order chi connectivity index (χ1) is 16.9. The molecule has 1 aliphatic rings. The van der Waals surface area contributed by atoms with Crippen LogP contribution in [-0.2, 0) is 19.1 Å². The first-order valence-corrected chi connectivity index (χ1v) is 12.4. The van der Waals surface area contributed by atoms with Crippen molar-refractivity contribution >= 4 is 23.5 Å². The summed E-state index contributed by atoms with van der Waals surface area (Å²) in [6.45, 7) is 7.25. The van der Waals surface area contributed by atoms with Crippen molar-refractivity contribution < 1.29 is 23.6 Å². The van der Waals surface area contributed by atoms with Crippen LogP contribution in [0.2, 0.25) is 0 Å². The molecule has 0 spiro atoms. The van der Waals surface area contributed by atoms with Crippen molar-refractivity contribution in [2.75, 3.05) is 25.0 Å². The number of ether oxygens (including phenoxy) is 1. The van der Waals surface area contributed by atoms with E-state index in [4.69, 9.17) is 9.26 Å².